The Labute approximate surface area is 112 Å². The quantitative estimate of drug-likeness (QED) is 0.724. The van der Waals surface area contributed by atoms with Crippen LogP contribution in [-0.4, -0.2) is 15.3 Å². The van der Waals surface area contributed by atoms with E-state index in [0.29, 0.717) is 6.42 Å². The molecule has 0 aliphatic rings. The lowest BCUT2D eigenvalue weighted by molar-refractivity contribution is 0.402. The van der Waals surface area contributed by atoms with E-state index in [0.717, 1.165) is 27.8 Å². The Morgan fingerprint density at radius 1 is 0.737 bits per heavy atom. The third-order valence-electron chi connectivity index (χ3n) is 3.34. The molecule has 0 heterocycles. The molecule has 0 atom stereocenters. The van der Waals surface area contributed by atoms with Crippen LogP contribution in [0.25, 0.3) is 0 Å². The van der Waals surface area contributed by atoms with Crippen molar-refractivity contribution in [1.29, 1.82) is 0 Å². The van der Waals surface area contributed by atoms with Crippen LogP contribution >= 0.6 is 0 Å². The first kappa shape index (κ1) is 13.3. The lowest BCUT2D eigenvalue weighted by Crippen LogP contribution is -1.95. The van der Waals surface area contributed by atoms with Gasteiger partial charge in [-0.05, 0) is 55.2 Å². The van der Waals surface area contributed by atoms with Crippen LogP contribution in [0.4, 0.5) is 0 Å². The molecule has 0 unspecified atom stereocenters. The monoisotopic (exact) mass is 258 g/mol. The summed E-state index contributed by atoms with van der Waals surface area (Å²) in [6.45, 7) is 5.72. The fourth-order valence-electron chi connectivity index (χ4n) is 2.30. The van der Waals surface area contributed by atoms with Crippen LogP contribution < -0.4 is 0 Å². The lowest BCUT2D eigenvalue weighted by Gasteiger charge is -2.12. The molecule has 3 N–H and O–H groups in total. The number of rotatable bonds is 2. The van der Waals surface area contributed by atoms with E-state index in [1.807, 2.05) is 32.9 Å². The molecule has 0 radical (unpaired) electrons. The molecule has 0 aliphatic heterocycles. The second kappa shape index (κ2) is 4.84. The van der Waals surface area contributed by atoms with Crippen molar-refractivity contribution in [1.82, 2.24) is 0 Å². The molecule has 19 heavy (non-hydrogen) atoms. The third kappa shape index (κ3) is 2.65. The van der Waals surface area contributed by atoms with Crippen molar-refractivity contribution in [3.8, 4) is 17.2 Å². The summed E-state index contributed by atoms with van der Waals surface area (Å²) in [5.74, 6) is 0.0351. The van der Waals surface area contributed by atoms with Crippen LogP contribution in [0.1, 0.15) is 27.8 Å². The minimum absolute atomic E-state index is 0.120. The van der Waals surface area contributed by atoms with Crippen LogP contribution in [0.2, 0.25) is 0 Å². The van der Waals surface area contributed by atoms with E-state index in [1.165, 1.54) is 6.07 Å². The van der Waals surface area contributed by atoms with Gasteiger partial charge in [0.2, 0.25) is 0 Å². The minimum atomic E-state index is -0.135. The van der Waals surface area contributed by atoms with Gasteiger partial charge < -0.3 is 15.3 Å². The predicted octanol–water partition coefficient (Wildman–Crippen LogP) is 3.32. The Morgan fingerprint density at radius 2 is 1.37 bits per heavy atom. The molecule has 0 aliphatic carbocycles. The SMILES string of the molecule is Cc1cc(C)c(O)c(Cc2cc(O)c(O)cc2C)c1. The summed E-state index contributed by atoms with van der Waals surface area (Å²) in [6.07, 6.45) is 0.522. The van der Waals surface area contributed by atoms with Gasteiger partial charge in [-0.25, -0.2) is 0 Å². The highest BCUT2D eigenvalue weighted by Gasteiger charge is 2.10. The van der Waals surface area contributed by atoms with E-state index in [4.69, 9.17) is 0 Å². The number of benzene rings is 2. The van der Waals surface area contributed by atoms with Gasteiger partial charge in [-0.2, -0.15) is 0 Å². The molecule has 0 saturated carbocycles. The number of phenols is 3. The largest absolute Gasteiger partial charge is 0.507 e. The molecule has 0 spiro atoms. The molecule has 100 valence electrons. The summed E-state index contributed by atoms with van der Waals surface area (Å²) in [5.41, 5.74) is 4.52. The van der Waals surface area contributed by atoms with E-state index in [2.05, 4.69) is 0 Å². The zero-order valence-electron chi connectivity index (χ0n) is 11.4. The van der Waals surface area contributed by atoms with E-state index in [-0.39, 0.29) is 17.2 Å². The Kier molecular flexibility index (Phi) is 3.38. The molecule has 2 aromatic rings. The number of phenolic OH excluding ortho intramolecular Hbond substituents is 3. The first-order chi connectivity index (χ1) is 8.88. The summed E-state index contributed by atoms with van der Waals surface area (Å²) in [7, 11) is 0. The van der Waals surface area contributed by atoms with Crippen molar-refractivity contribution in [2.24, 2.45) is 0 Å². The van der Waals surface area contributed by atoms with E-state index in [9.17, 15) is 15.3 Å². The minimum Gasteiger partial charge on any atom is -0.507 e. The molecular weight excluding hydrogens is 240 g/mol. The summed E-state index contributed by atoms with van der Waals surface area (Å²) in [4.78, 5) is 0. The van der Waals surface area contributed by atoms with Crippen LogP contribution in [-0.2, 0) is 6.42 Å². The van der Waals surface area contributed by atoms with Crippen molar-refractivity contribution < 1.29 is 15.3 Å². The Hall–Kier alpha value is -2.16. The highest BCUT2D eigenvalue weighted by atomic mass is 16.3. The molecule has 3 heteroatoms. The molecule has 3 nitrogen and oxygen atoms in total. The maximum absolute atomic E-state index is 10.1. The topological polar surface area (TPSA) is 60.7 Å². The fourth-order valence-corrected chi connectivity index (χ4v) is 2.30. The molecule has 0 aromatic heterocycles. The summed E-state index contributed by atoms with van der Waals surface area (Å²) >= 11 is 0. The number of aryl methyl sites for hydroxylation is 3. The van der Waals surface area contributed by atoms with Crippen molar-refractivity contribution in [2.45, 2.75) is 27.2 Å². The van der Waals surface area contributed by atoms with E-state index >= 15 is 0 Å². The third-order valence-corrected chi connectivity index (χ3v) is 3.34. The zero-order valence-corrected chi connectivity index (χ0v) is 11.4. The molecular formula is C16H18O3. The number of hydrogen-bond acceptors (Lipinski definition) is 3. The smallest absolute Gasteiger partial charge is 0.157 e. The number of aromatic hydroxyl groups is 3. The van der Waals surface area contributed by atoms with Crippen LogP contribution in [0.15, 0.2) is 24.3 Å². The highest BCUT2D eigenvalue weighted by Crippen LogP contribution is 2.32. The van der Waals surface area contributed by atoms with Crippen molar-refractivity contribution >= 4 is 0 Å². The standard InChI is InChI=1S/C16H18O3/c1-9-4-11(3)16(19)13(5-9)7-12-8-15(18)14(17)6-10(12)2/h4-6,8,17-19H,7H2,1-3H3. The predicted molar refractivity (Wildman–Crippen MR) is 74.9 cm³/mol. The second-order valence-electron chi connectivity index (χ2n) is 5.03. The zero-order chi connectivity index (χ0) is 14.2. The first-order valence-corrected chi connectivity index (χ1v) is 6.19. The van der Waals surface area contributed by atoms with Gasteiger partial charge in [-0.1, -0.05) is 17.7 Å². The average Bonchev–Trinajstić information content (AvgIpc) is 2.32. The first-order valence-electron chi connectivity index (χ1n) is 6.19. The van der Waals surface area contributed by atoms with Gasteiger partial charge in [0.05, 0.1) is 0 Å². The highest BCUT2D eigenvalue weighted by molar-refractivity contribution is 5.50. The Morgan fingerprint density at radius 3 is 2.05 bits per heavy atom. The summed E-state index contributed by atoms with van der Waals surface area (Å²) < 4.78 is 0. The van der Waals surface area contributed by atoms with E-state index in [1.54, 1.807) is 6.07 Å². The molecule has 0 fully saturated rings. The normalized spacial score (nSPS) is 10.7. The van der Waals surface area contributed by atoms with Gasteiger partial charge in [0, 0.05) is 6.42 Å². The number of hydrogen-bond donors (Lipinski definition) is 3. The van der Waals surface area contributed by atoms with Crippen LogP contribution in [0.3, 0.4) is 0 Å². The van der Waals surface area contributed by atoms with Crippen molar-refractivity contribution in [3.05, 3.63) is 52.1 Å². The van der Waals surface area contributed by atoms with Gasteiger partial charge in [0.1, 0.15) is 5.75 Å². The molecule has 2 rings (SSSR count). The Bertz CT molecular complexity index is 630. The summed E-state index contributed by atoms with van der Waals surface area (Å²) in [5, 5.41) is 29.1. The average molecular weight is 258 g/mol. The van der Waals surface area contributed by atoms with Gasteiger partial charge in [-0.3, -0.25) is 0 Å². The van der Waals surface area contributed by atoms with Gasteiger partial charge in [0.25, 0.3) is 0 Å². The fraction of sp³-hybridized carbons (Fsp3) is 0.250. The van der Waals surface area contributed by atoms with Crippen molar-refractivity contribution in [3.63, 3.8) is 0 Å². The van der Waals surface area contributed by atoms with Crippen LogP contribution in [0.5, 0.6) is 17.2 Å². The Balaban J connectivity index is 2.44. The maximum atomic E-state index is 10.1. The summed E-state index contributed by atoms with van der Waals surface area (Å²) in [6, 6.07) is 6.94. The van der Waals surface area contributed by atoms with E-state index < -0.39 is 0 Å². The lowest BCUT2D eigenvalue weighted by atomic mass is 9.96. The molecule has 0 bridgehead atoms. The molecule has 0 saturated heterocycles. The van der Waals surface area contributed by atoms with Gasteiger partial charge >= 0.3 is 0 Å². The molecule has 2 aromatic carbocycles. The van der Waals surface area contributed by atoms with Gasteiger partial charge in [0.15, 0.2) is 11.5 Å². The maximum Gasteiger partial charge on any atom is 0.157 e. The van der Waals surface area contributed by atoms with Gasteiger partial charge in [-0.15, -0.1) is 0 Å². The second-order valence-corrected chi connectivity index (χ2v) is 5.03. The van der Waals surface area contributed by atoms with Crippen LogP contribution in [0, 0.1) is 20.8 Å². The van der Waals surface area contributed by atoms with Crippen molar-refractivity contribution in [2.75, 3.05) is 0 Å². The molecule has 0 amide bonds.